The first-order valence-electron chi connectivity index (χ1n) is 8.37. The Kier molecular flexibility index (Phi) is 3.93. The van der Waals surface area contributed by atoms with Gasteiger partial charge in [0, 0.05) is 30.8 Å². The molecule has 3 N–H and O–H groups in total. The Balaban J connectivity index is 1.57. The van der Waals surface area contributed by atoms with Crippen molar-refractivity contribution in [3.63, 3.8) is 0 Å². The molecule has 1 aliphatic rings. The van der Waals surface area contributed by atoms with E-state index < -0.39 is 0 Å². The van der Waals surface area contributed by atoms with Crippen LogP contribution in [0.25, 0.3) is 10.9 Å². The fraction of sp³-hybridized carbons (Fsp3) is 0.333. The van der Waals surface area contributed by atoms with Crippen LogP contribution in [-0.4, -0.2) is 33.0 Å². The Hall–Kier alpha value is -2.80. The molecule has 4 rings (SSSR count). The Morgan fingerprint density at radius 2 is 2.08 bits per heavy atom. The predicted octanol–water partition coefficient (Wildman–Crippen LogP) is 1.55. The number of para-hydroxylation sites is 1. The molecule has 2 aromatic heterocycles. The van der Waals surface area contributed by atoms with Crippen LogP contribution in [0.4, 0.5) is 5.82 Å². The molecule has 0 spiro atoms. The van der Waals surface area contributed by atoms with Gasteiger partial charge in [-0.3, -0.25) is 4.79 Å². The fourth-order valence-corrected chi connectivity index (χ4v) is 3.21. The highest BCUT2D eigenvalue weighted by molar-refractivity contribution is 5.77. The van der Waals surface area contributed by atoms with Crippen LogP contribution < -0.4 is 16.2 Å². The van der Waals surface area contributed by atoms with Crippen molar-refractivity contribution in [3.8, 4) is 0 Å². The molecule has 25 heavy (non-hydrogen) atoms. The molecule has 7 heteroatoms. The number of hydrogen-bond acceptors (Lipinski definition) is 6. The summed E-state index contributed by atoms with van der Waals surface area (Å²) < 4.78 is 0. The lowest BCUT2D eigenvalue weighted by Crippen LogP contribution is -2.35. The largest absolute Gasteiger partial charge is 0.352 e. The minimum absolute atomic E-state index is 0.124. The molecule has 0 atom stereocenters. The SMILES string of the molecule is CN(Cc1nc2ccccc2c(=O)[nH]1)c1cc(C2CC(N)C2)ncn1. The van der Waals surface area contributed by atoms with Gasteiger partial charge in [-0.1, -0.05) is 12.1 Å². The van der Waals surface area contributed by atoms with E-state index in [-0.39, 0.29) is 11.6 Å². The summed E-state index contributed by atoms with van der Waals surface area (Å²) in [6.45, 7) is 0.459. The van der Waals surface area contributed by atoms with Crippen LogP contribution in [0.15, 0.2) is 41.5 Å². The summed E-state index contributed by atoms with van der Waals surface area (Å²) in [5.41, 5.74) is 7.47. The van der Waals surface area contributed by atoms with Crippen molar-refractivity contribution < 1.29 is 0 Å². The van der Waals surface area contributed by atoms with E-state index in [2.05, 4.69) is 19.9 Å². The number of nitrogens with two attached hydrogens (primary N) is 1. The summed E-state index contributed by atoms with van der Waals surface area (Å²) in [7, 11) is 1.92. The summed E-state index contributed by atoms with van der Waals surface area (Å²) >= 11 is 0. The third-order valence-corrected chi connectivity index (χ3v) is 4.71. The smallest absolute Gasteiger partial charge is 0.258 e. The molecular weight excluding hydrogens is 316 g/mol. The van der Waals surface area contributed by atoms with Crippen LogP contribution in [0, 0.1) is 0 Å². The van der Waals surface area contributed by atoms with Gasteiger partial charge in [0.1, 0.15) is 18.0 Å². The van der Waals surface area contributed by atoms with Gasteiger partial charge < -0.3 is 15.6 Å². The van der Waals surface area contributed by atoms with Crippen LogP contribution in [0.3, 0.4) is 0 Å². The number of anilines is 1. The molecule has 0 amide bonds. The first-order chi connectivity index (χ1) is 12.1. The fourth-order valence-electron chi connectivity index (χ4n) is 3.21. The minimum Gasteiger partial charge on any atom is -0.352 e. The molecule has 1 aliphatic carbocycles. The number of nitrogens with one attached hydrogen (secondary N) is 1. The lowest BCUT2D eigenvalue weighted by atomic mass is 9.78. The van der Waals surface area contributed by atoms with Gasteiger partial charge in [-0.05, 0) is 25.0 Å². The lowest BCUT2D eigenvalue weighted by Gasteiger charge is -2.32. The summed E-state index contributed by atoms with van der Waals surface area (Å²) in [5, 5.41) is 0.597. The van der Waals surface area contributed by atoms with Gasteiger partial charge in [-0.25, -0.2) is 15.0 Å². The van der Waals surface area contributed by atoms with Crippen LogP contribution in [0.1, 0.15) is 30.3 Å². The monoisotopic (exact) mass is 336 g/mol. The second kappa shape index (κ2) is 6.25. The minimum atomic E-state index is -0.124. The van der Waals surface area contributed by atoms with Crippen molar-refractivity contribution in [2.24, 2.45) is 5.73 Å². The van der Waals surface area contributed by atoms with Gasteiger partial charge >= 0.3 is 0 Å². The lowest BCUT2D eigenvalue weighted by molar-refractivity contribution is 0.345. The van der Waals surface area contributed by atoms with Crippen molar-refractivity contribution in [2.75, 3.05) is 11.9 Å². The van der Waals surface area contributed by atoms with Crippen LogP contribution in [-0.2, 0) is 6.54 Å². The maximum absolute atomic E-state index is 12.2. The van der Waals surface area contributed by atoms with Gasteiger partial charge in [-0.2, -0.15) is 0 Å². The maximum atomic E-state index is 12.2. The number of aromatic nitrogens is 4. The van der Waals surface area contributed by atoms with Crippen LogP contribution in [0.5, 0.6) is 0 Å². The Labute approximate surface area is 144 Å². The highest BCUT2D eigenvalue weighted by Gasteiger charge is 2.28. The molecule has 0 aliphatic heterocycles. The Morgan fingerprint density at radius 1 is 1.28 bits per heavy atom. The summed E-state index contributed by atoms with van der Waals surface area (Å²) in [6.07, 6.45) is 3.53. The first-order valence-corrected chi connectivity index (χ1v) is 8.37. The normalized spacial score (nSPS) is 19.6. The summed E-state index contributed by atoms with van der Waals surface area (Å²) in [5.74, 6) is 1.84. The molecule has 0 unspecified atom stereocenters. The quantitative estimate of drug-likeness (QED) is 0.750. The average Bonchev–Trinajstić information content (AvgIpc) is 2.59. The van der Waals surface area contributed by atoms with E-state index in [0.717, 1.165) is 24.4 Å². The number of nitrogens with zero attached hydrogens (tertiary/aromatic N) is 4. The molecule has 1 aromatic carbocycles. The number of hydrogen-bond donors (Lipinski definition) is 2. The topological polar surface area (TPSA) is 101 Å². The van der Waals surface area contributed by atoms with E-state index in [1.54, 1.807) is 12.4 Å². The summed E-state index contributed by atoms with van der Waals surface area (Å²) in [4.78, 5) is 30.2. The average molecular weight is 336 g/mol. The van der Waals surface area contributed by atoms with Crippen molar-refractivity contribution in [3.05, 3.63) is 58.5 Å². The second-order valence-electron chi connectivity index (χ2n) is 6.62. The van der Waals surface area contributed by atoms with Crippen molar-refractivity contribution >= 4 is 16.7 Å². The van der Waals surface area contributed by atoms with E-state index in [9.17, 15) is 4.79 Å². The molecular formula is C18H20N6O. The van der Waals surface area contributed by atoms with Crippen LogP contribution in [0.2, 0.25) is 0 Å². The van der Waals surface area contributed by atoms with Crippen molar-refractivity contribution in [2.45, 2.75) is 31.3 Å². The summed E-state index contributed by atoms with van der Waals surface area (Å²) in [6, 6.07) is 9.61. The highest BCUT2D eigenvalue weighted by atomic mass is 16.1. The van der Waals surface area contributed by atoms with Gasteiger partial charge in [0.25, 0.3) is 5.56 Å². The number of H-pyrrole nitrogens is 1. The molecule has 1 saturated carbocycles. The predicted molar refractivity (Wildman–Crippen MR) is 96.5 cm³/mol. The Morgan fingerprint density at radius 3 is 2.88 bits per heavy atom. The number of aromatic amines is 1. The van der Waals surface area contributed by atoms with Gasteiger partial charge in [0.2, 0.25) is 0 Å². The molecule has 7 nitrogen and oxygen atoms in total. The van der Waals surface area contributed by atoms with E-state index in [4.69, 9.17) is 5.73 Å². The maximum Gasteiger partial charge on any atom is 0.258 e. The zero-order chi connectivity index (χ0) is 17.4. The van der Waals surface area contributed by atoms with Gasteiger partial charge in [0.15, 0.2) is 0 Å². The third-order valence-electron chi connectivity index (χ3n) is 4.71. The number of rotatable bonds is 4. The van der Waals surface area contributed by atoms with Crippen LogP contribution >= 0.6 is 0 Å². The van der Waals surface area contributed by atoms with E-state index in [0.29, 0.717) is 29.2 Å². The molecule has 0 saturated heterocycles. The first kappa shape index (κ1) is 15.7. The van der Waals surface area contributed by atoms with Gasteiger partial charge in [-0.15, -0.1) is 0 Å². The molecule has 0 bridgehead atoms. The van der Waals surface area contributed by atoms with E-state index in [1.165, 1.54) is 0 Å². The third kappa shape index (κ3) is 3.10. The molecule has 2 heterocycles. The molecule has 0 radical (unpaired) electrons. The zero-order valence-corrected chi connectivity index (χ0v) is 14.0. The Bertz CT molecular complexity index is 963. The van der Waals surface area contributed by atoms with Crippen molar-refractivity contribution in [1.29, 1.82) is 0 Å². The van der Waals surface area contributed by atoms with Crippen molar-refractivity contribution in [1.82, 2.24) is 19.9 Å². The molecule has 3 aromatic rings. The number of fused-ring (bicyclic) bond motifs is 1. The molecule has 128 valence electrons. The highest BCUT2D eigenvalue weighted by Crippen LogP contribution is 2.35. The van der Waals surface area contributed by atoms with Gasteiger partial charge in [0.05, 0.1) is 17.4 Å². The number of benzene rings is 1. The van der Waals surface area contributed by atoms with E-state index in [1.807, 2.05) is 36.2 Å². The second-order valence-corrected chi connectivity index (χ2v) is 6.62. The standard InChI is InChI=1S/C18H20N6O/c1-24(17-8-15(20-10-21-17)11-6-12(19)7-11)9-16-22-14-5-3-2-4-13(14)18(25)23-16/h2-5,8,10-12H,6-7,9,19H2,1H3,(H,22,23,25). The zero-order valence-electron chi connectivity index (χ0n) is 14.0. The molecule has 1 fully saturated rings. The van der Waals surface area contributed by atoms with E-state index >= 15 is 0 Å².